The molecule has 0 heterocycles. The van der Waals surface area contributed by atoms with Gasteiger partial charge in [0, 0.05) is 24.0 Å². The molecule has 2 aliphatic rings. The van der Waals surface area contributed by atoms with Crippen LogP contribution in [-0.4, -0.2) is 69.9 Å². The fourth-order valence-corrected chi connectivity index (χ4v) is 6.68. The van der Waals surface area contributed by atoms with Gasteiger partial charge < -0.3 is 25.0 Å². The Labute approximate surface area is 274 Å². The Morgan fingerprint density at radius 1 is 1.04 bits per heavy atom. The monoisotopic (exact) mass is 652 g/mol. The maximum atomic E-state index is 13.7. The minimum atomic E-state index is -1.67. The number of carbonyl (C=O) groups excluding carboxylic acids is 4. The smallest absolute Gasteiger partial charge is 0.408 e. The van der Waals surface area contributed by atoms with Gasteiger partial charge in [-0.15, -0.1) is 0 Å². The van der Waals surface area contributed by atoms with Gasteiger partial charge in [-0.2, -0.15) is 0 Å². The van der Waals surface area contributed by atoms with Crippen LogP contribution in [0.1, 0.15) is 75.3 Å². The summed E-state index contributed by atoms with van der Waals surface area (Å²) in [6, 6.07) is 16.1. The topological polar surface area (TPSA) is 114 Å². The zero-order valence-electron chi connectivity index (χ0n) is 26.1. The molecule has 3 radical (unpaired) electrons. The molecule has 0 saturated heterocycles. The van der Waals surface area contributed by atoms with Crippen LogP contribution in [0.25, 0.3) is 0 Å². The highest BCUT2D eigenvalue weighted by molar-refractivity contribution is 6.30. The second kappa shape index (κ2) is 15.8. The molecule has 2 aromatic carbocycles. The van der Waals surface area contributed by atoms with Crippen molar-refractivity contribution in [2.24, 2.45) is 5.92 Å². The maximum absolute atomic E-state index is 13.7. The first-order valence-corrected chi connectivity index (χ1v) is 16.6. The van der Waals surface area contributed by atoms with Crippen LogP contribution in [0.3, 0.4) is 0 Å². The van der Waals surface area contributed by atoms with E-state index in [1.54, 1.807) is 36.2 Å². The van der Waals surface area contributed by atoms with Crippen molar-refractivity contribution in [3.8, 4) is 0 Å². The van der Waals surface area contributed by atoms with E-state index in [4.69, 9.17) is 21.1 Å². The SMILES string of the molecule is COC(=O)C([Si])(CCC(=O)N(C)C1(Cc2ccccc2)CC1)NC(=O)[C@H](CC1CCCCC1)NC(=O)OCc1cccc(Cl)c1. The summed E-state index contributed by atoms with van der Waals surface area (Å²) in [6.07, 6.45) is 7.31. The molecular weight excluding hydrogens is 610 g/mol. The highest BCUT2D eigenvalue weighted by Crippen LogP contribution is 2.44. The molecule has 0 bridgehead atoms. The third-order valence-electron chi connectivity index (χ3n) is 9.03. The number of halogens is 1. The molecule has 241 valence electrons. The summed E-state index contributed by atoms with van der Waals surface area (Å²) < 4.78 is 10.4. The molecule has 0 aromatic heterocycles. The fourth-order valence-electron chi connectivity index (χ4n) is 6.11. The van der Waals surface area contributed by atoms with Crippen LogP contribution in [0.2, 0.25) is 5.02 Å². The van der Waals surface area contributed by atoms with Crippen LogP contribution in [0.5, 0.6) is 0 Å². The largest absolute Gasteiger partial charge is 0.468 e. The lowest BCUT2D eigenvalue weighted by atomic mass is 9.84. The Kier molecular flexibility index (Phi) is 12.1. The normalized spacial score (nSPS) is 17.7. The van der Waals surface area contributed by atoms with Crippen molar-refractivity contribution in [3.63, 3.8) is 0 Å². The van der Waals surface area contributed by atoms with E-state index in [0.29, 0.717) is 17.0 Å². The first kappa shape index (κ1) is 34.5. The number of amides is 3. The summed E-state index contributed by atoms with van der Waals surface area (Å²) in [6.45, 7) is -0.0181. The molecule has 1 unspecified atom stereocenters. The van der Waals surface area contributed by atoms with E-state index in [9.17, 15) is 19.2 Å². The molecule has 2 saturated carbocycles. The molecule has 2 aromatic rings. The van der Waals surface area contributed by atoms with Crippen molar-refractivity contribution in [1.29, 1.82) is 0 Å². The summed E-state index contributed by atoms with van der Waals surface area (Å²) in [7, 11) is 6.49. The number of likely N-dealkylation sites (N-methyl/N-ethyl adjacent to an activating group) is 1. The van der Waals surface area contributed by atoms with Gasteiger partial charge in [-0.3, -0.25) is 9.59 Å². The Bertz CT molecular complexity index is 1330. The van der Waals surface area contributed by atoms with E-state index in [1.807, 2.05) is 18.2 Å². The van der Waals surface area contributed by atoms with Gasteiger partial charge in [0.15, 0.2) is 0 Å². The number of ether oxygens (including phenoxy) is 2. The predicted octanol–water partition coefficient (Wildman–Crippen LogP) is 5.07. The number of hydrogen-bond donors (Lipinski definition) is 2. The molecule has 2 N–H and O–H groups in total. The molecule has 11 heteroatoms. The van der Waals surface area contributed by atoms with Gasteiger partial charge >= 0.3 is 12.1 Å². The van der Waals surface area contributed by atoms with E-state index in [0.717, 1.165) is 56.9 Å². The first-order chi connectivity index (χ1) is 21.5. The lowest BCUT2D eigenvalue weighted by Crippen LogP contribution is -2.61. The quantitative estimate of drug-likeness (QED) is 0.218. The molecule has 0 aliphatic heterocycles. The zero-order chi connectivity index (χ0) is 32.5. The number of esters is 1. The molecule has 4 rings (SSSR count). The summed E-state index contributed by atoms with van der Waals surface area (Å²) in [4.78, 5) is 54.7. The van der Waals surface area contributed by atoms with Crippen LogP contribution >= 0.6 is 11.6 Å². The van der Waals surface area contributed by atoms with E-state index < -0.39 is 29.2 Å². The van der Waals surface area contributed by atoms with Gasteiger partial charge in [-0.25, -0.2) is 9.59 Å². The van der Waals surface area contributed by atoms with E-state index >= 15 is 0 Å². The second-order valence-electron chi connectivity index (χ2n) is 12.4. The van der Waals surface area contributed by atoms with Crippen LogP contribution in [0, 0.1) is 5.92 Å². The number of hydrogen-bond acceptors (Lipinski definition) is 6. The summed E-state index contributed by atoms with van der Waals surface area (Å²) in [5.74, 6) is -1.21. The number of benzene rings is 2. The minimum absolute atomic E-state index is 0.00564. The van der Waals surface area contributed by atoms with Crippen LogP contribution in [-0.2, 0) is 36.9 Å². The highest BCUT2D eigenvalue weighted by Gasteiger charge is 2.48. The number of rotatable bonds is 14. The highest BCUT2D eigenvalue weighted by atomic mass is 35.5. The Morgan fingerprint density at radius 2 is 1.73 bits per heavy atom. The second-order valence-corrected chi connectivity index (χ2v) is 13.7. The van der Waals surface area contributed by atoms with Crippen molar-refractivity contribution in [3.05, 3.63) is 70.7 Å². The number of carbonyl (C=O) groups is 4. The van der Waals surface area contributed by atoms with E-state index in [2.05, 4.69) is 33.0 Å². The van der Waals surface area contributed by atoms with Crippen LogP contribution in [0.15, 0.2) is 54.6 Å². The number of alkyl carbamates (subject to hydrolysis) is 1. The van der Waals surface area contributed by atoms with Gasteiger partial charge in [0.25, 0.3) is 0 Å². The first-order valence-electron chi connectivity index (χ1n) is 15.7. The molecule has 3 amide bonds. The van der Waals surface area contributed by atoms with Gasteiger partial charge in [0.2, 0.25) is 11.8 Å². The van der Waals surface area contributed by atoms with Crippen LogP contribution in [0.4, 0.5) is 4.79 Å². The summed E-state index contributed by atoms with van der Waals surface area (Å²) in [5.41, 5.74) is 1.62. The van der Waals surface area contributed by atoms with Crippen LogP contribution < -0.4 is 10.6 Å². The third-order valence-corrected chi connectivity index (χ3v) is 9.85. The lowest BCUT2D eigenvalue weighted by Gasteiger charge is -2.33. The fraction of sp³-hybridized carbons (Fsp3) is 0.529. The van der Waals surface area contributed by atoms with E-state index in [-0.39, 0.29) is 36.8 Å². The van der Waals surface area contributed by atoms with E-state index in [1.165, 1.54) is 7.11 Å². The molecule has 2 aliphatic carbocycles. The van der Waals surface area contributed by atoms with Crippen molar-refractivity contribution in [1.82, 2.24) is 15.5 Å². The van der Waals surface area contributed by atoms with Gasteiger partial charge in [0.1, 0.15) is 17.8 Å². The number of methoxy groups -OCH3 is 1. The van der Waals surface area contributed by atoms with Crippen molar-refractivity contribution in [2.45, 2.75) is 94.0 Å². The molecule has 45 heavy (non-hydrogen) atoms. The lowest BCUT2D eigenvalue weighted by molar-refractivity contribution is -0.148. The molecule has 9 nitrogen and oxygen atoms in total. The molecule has 2 fully saturated rings. The molecule has 2 atom stereocenters. The van der Waals surface area contributed by atoms with Gasteiger partial charge in [0.05, 0.1) is 17.4 Å². The Morgan fingerprint density at radius 3 is 2.38 bits per heavy atom. The Hall–Kier alpha value is -3.37. The number of nitrogens with one attached hydrogen (secondary N) is 2. The molecular formula is C34H43ClN3O6Si. The standard InChI is InChI=1S/C34H43ClN3O6Si/c1-38(33(18-19-33)22-25-12-7-4-8-13-25)29(39)16-17-34(45,31(41)43-2)37-30(40)28(21-24-10-5-3-6-11-24)36-32(42)44-23-26-14-9-15-27(35)20-26/h4,7-9,12-15,20,24,28H,3,5-6,10-11,16-19,21-23H2,1-2H3,(H,36,42)(H,37,40)/t28-,34?/m0/s1. The Balaban J connectivity index is 1.40. The average molecular weight is 653 g/mol. The number of nitrogens with zero attached hydrogens (tertiary/aromatic N) is 1. The predicted molar refractivity (Wildman–Crippen MR) is 173 cm³/mol. The summed E-state index contributed by atoms with van der Waals surface area (Å²) in [5, 5.41) is 4.31. The van der Waals surface area contributed by atoms with Crippen molar-refractivity contribution < 1.29 is 28.7 Å². The van der Waals surface area contributed by atoms with Gasteiger partial charge in [-0.1, -0.05) is 86.2 Å². The average Bonchev–Trinajstić information content (AvgIpc) is 3.82. The van der Waals surface area contributed by atoms with Gasteiger partial charge in [-0.05, 0) is 61.3 Å². The van der Waals surface area contributed by atoms with Crippen molar-refractivity contribution in [2.75, 3.05) is 14.2 Å². The minimum Gasteiger partial charge on any atom is -0.468 e. The van der Waals surface area contributed by atoms with Crippen molar-refractivity contribution >= 4 is 45.7 Å². The zero-order valence-corrected chi connectivity index (χ0v) is 27.9. The maximum Gasteiger partial charge on any atom is 0.408 e. The molecule has 0 spiro atoms. The summed E-state index contributed by atoms with van der Waals surface area (Å²) >= 11 is 6.04. The third kappa shape index (κ3) is 9.81.